The van der Waals surface area contributed by atoms with Crippen LogP contribution in [0.4, 0.5) is 0 Å². The van der Waals surface area contributed by atoms with Crippen LogP contribution in [0.3, 0.4) is 0 Å². The largest absolute Gasteiger partial charge is 0.329 e. The predicted octanol–water partition coefficient (Wildman–Crippen LogP) is 2.05. The first-order chi connectivity index (χ1) is 9.30. The van der Waals surface area contributed by atoms with E-state index in [1.54, 1.807) is 0 Å². The Morgan fingerprint density at radius 3 is 2.35 bits per heavy atom. The van der Waals surface area contributed by atoms with Gasteiger partial charge in [-0.05, 0) is 38.7 Å². The van der Waals surface area contributed by atoms with Gasteiger partial charge in [-0.1, -0.05) is 37.3 Å². The molecule has 0 spiro atoms. The van der Waals surface area contributed by atoms with Gasteiger partial charge in [0.25, 0.3) is 0 Å². The Kier molecular flexibility index (Phi) is 6.17. The van der Waals surface area contributed by atoms with Gasteiger partial charge in [0.1, 0.15) is 0 Å². The second-order valence-electron chi connectivity index (χ2n) is 5.78. The number of aryl methyl sites for hydroxylation is 1. The molecule has 0 aliphatic heterocycles. The van der Waals surface area contributed by atoms with Crippen LogP contribution >= 0.6 is 0 Å². The average Bonchev–Trinajstić information content (AvgIpc) is 2.37. The van der Waals surface area contributed by atoms with Gasteiger partial charge < -0.3 is 5.73 Å². The van der Waals surface area contributed by atoms with Gasteiger partial charge in [0, 0.05) is 12.1 Å². The highest BCUT2D eigenvalue weighted by Crippen LogP contribution is 2.16. The van der Waals surface area contributed by atoms with Crippen LogP contribution in [0, 0.1) is 0 Å². The summed E-state index contributed by atoms with van der Waals surface area (Å²) < 4.78 is 27.3. The maximum Gasteiger partial charge on any atom is 0.216 e. The van der Waals surface area contributed by atoms with Crippen molar-refractivity contribution in [3.8, 4) is 0 Å². The standard InChI is InChI=1S/C15H26N2O2S/c1-4-14(12-16)20(18,19)17-15(2,3)11-10-13-8-6-5-7-9-13/h5-9,14,17H,4,10-12,16H2,1-3H3. The molecule has 0 saturated carbocycles. The summed E-state index contributed by atoms with van der Waals surface area (Å²) in [5, 5.41) is -0.515. The van der Waals surface area contributed by atoms with Gasteiger partial charge in [0.05, 0.1) is 5.25 Å². The Morgan fingerprint density at radius 1 is 1.25 bits per heavy atom. The summed E-state index contributed by atoms with van der Waals surface area (Å²) in [5.74, 6) is 0. The Bertz CT molecular complexity index is 494. The highest BCUT2D eigenvalue weighted by atomic mass is 32.2. The molecule has 0 fully saturated rings. The van der Waals surface area contributed by atoms with Crippen LogP contribution in [0.5, 0.6) is 0 Å². The molecule has 5 heteroatoms. The minimum atomic E-state index is -3.36. The van der Waals surface area contributed by atoms with E-state index in [1.807, 2.05) is 39.0 Å². The molecule has 0 saturated heterocycles. The van der Waals surface area contributed by atoms with Crippen molar-refractivity contribution in [3.05, 3.63) is 35.9 Å². The van der Waals surface area contributed by atoms with Gasteiger partial charge in [0.2, 0.25) is 10.0 Å². The molecule has 1 rings (SSSR count). The maximum atomic E-state index is 12.2. The first-order valence-corrected chi connectivity index (χ1v) is 8.62. The van der Waals surface area contributed by atoms with Crippen molar-refractivity contribution in [2.45, 2.75) is 50.8 Å². The lowest BCUT2D eigenvalue weighted by molar-refractivity contribution is 0.418. The molecule has 1 unspecified atom stereocenters. The second kappa shape index (κ2) is 7.20. The molecular weight excluding hydrogens is 272 g/mol. The van der Waals surface area contributed by atoms with Gasteiger partial charge in [-0.25, -0.2) is 13.1 Å². The van der Waals surface area contributed by atoms with Gasteiger partial charge in [-0.2, -0.15) is 0 Å². The number of hydrogen-bond acceptors (Lipinski definition) is 3. The van der Waals surface area contributed by atoms with E-state index in [-0.39, 0.29) is 6.54 Å². The van der Waals surface area contributed by atoms with Crippen LogP contribution in [0.15, 0.2) is 30.3 Å². The lowest BCUT2D eigenvalue weighted by Gasteiger charge is -2.28. The molecule has 0 aliphatic carbocycles. The fourth-order valence-corrected chi connectivity index (χ4v) is 3.86. The van der Waals surface area contributed by atoms with Gasteiger partial charge in [0.15, 0.2) is 0 Å². The van der Waals surface area contributed by atoms with Crippen molar-refractivity contribution in [2.24, 2.45) is 5.73 Å². The summed E-state index contributed by atoms with van der Waals surface area (Å²) in [6, 6.07) is 10.1. The maximum absolute atomic E-state index is 12.2. The molecule has 0 radical (unpaired) electrons. The van der Waals surface area contributed by atoms with E-state index in [0.29, 0.717) is 6.42 Å². The first kappa shape index (κ1) is 17.1. The van der Waals surface area contributed by atoms with Crippen LogP contribution in [-0.4, -0.2) is 25.8 Å². The van der Waals surface area contributed by atoms with Crippen molar-refractivity contribution >= 4 is 10.0 Å². The third-order valence-corrected chi connectivity index (χ3v) is 5.70. The first-order valence-electron chi connectivity index (χ1n) is 7.07. The van der Waals surface area contributed by atoms with Crippen LogP contribution in [0.25, 0.3) is 0 Å². The quantitative estimate of drug-likeness (QED) is 0.771. The molecule has 0 amide bonds. The molecule has 0 aromatic heterocycles. The Balaban J connectivity index is 2.65. The van der Waals surface area contributed by atoms with Gasteiger partial charge in [-0.3, -0.25) is 0 Å². The second-order valence-corrected chi connectivity index (χ2v) is 7.74. The number of benzene rings is 1. The summed E-state index contributed by atoms with van der Waals surface area (Å²) in [4.78, 5) is 0. The monoisotopic (exact) mass is 298 g/mol. The number of hydrogen-bond donors (Lipinski definition) is 2. The summed E-state index contributed by atoms with van der Waals surface area (Å²) in [7, 11) is -3.36. The number of nitrogens with one attached hydrogen (secondary N) is 1. The molecule has 3 N–H and O–H groups in total. The number of sulfonamides is 1. The molecule has 0 aliphatic rings. The van der Waals surface area contributed by atoms with E-state index in [9.17, 15) is 8.42 Å². The summed E-state index contributed by atoms with van der Waals surface area (Å²) in [6.07, 6.45) is 2.12. The normalized spacial score (nSPS) is 14.2. The lowest BCUT2D eigenvalue weighted by atomic mass is 9.97. The molecule has 4 nitrogen and oxygen atoms in total. The topological polar surface area (TPSA) is 72.2 Å². The third kappa shape index (κ3) is 5.23. The van der Waals surface area contributed by atoms with E-state index in [4.69, 9.17) is 5.73 Å². The van der Waals surface area contributed by atoms with Crippen molar-refractivity contribution in [2.75, 3.05) is 6.54 Å². The highest BCUT2D eigenvalue weighted by Gasteiger charge is 2.29. The Hall–Kier alpha value is -0.910. The third-order valence-electron chi connectivity index (χ3n) is 3.46. The molecular formula is C15H26N2O2S. The SMILES string of the molecule is CCC(CN)S(=O)(=O)NC(C)(C)CCc1ccccc1. The minimum Gasteiger partial charge on any atom is -0.329 e. The van der Waals surface area contributed by atoms with Crippen LogP contribution < -0.4 is 10.5 Å². The Morgan fingerprint density at radius 2 is 1.85 bits per heavy atom. The zero-order valence-electron chi connectivity index (χ0n) is 12.6. The molecule has 114 valence electrons. The molecule has 1 aromatic rings. The predicted molar refractivity (Wildman–Crippen MR) is 84.0 cm³/mol. The van der Waals surface area contributed by atoms with Gasteiger partial charge in [-0.15, -0.1) is 0 Å². The van der Waals surface area contributed by atoms with E-state index in [2.05, 4.69) is 16.9 Å². The Labute approximate surface area is 122 Å². The lowest BCUT2D eigenvalue weighted by Crippen LogP contribution is -2.49. The highest BCUT2D eigenvalue weighted by molar-refractivity contribution is 7.90. The van der Waals surface area contributed by atoms with Crippen LogP contribution in [0.2, 0.25) is 0 Å². The molecule has 20 heavy (non-hydrogen) atoms. The zero-order valence-corrected chi connectivity index (χ0v) is 13.4. The van der Waals surface area contributed by atoms with Crippen LogP contribution in [-0.2, 0) is 16.4 Å². The molecule has 0 heterocycles. The van der Waals surface area contributed by atoms with Crippen molar-refractivity contribution in [3.63, 3.8) is 0 Å². The number of rotatable bonds is 8. The molecule has 1 aromatic carbocycles. The summed E-state index contributed by atoms with van der Waals surface area (Å²) >= 11 is 0. The zero-order chi connectivity index (χ0) is 15.2. The van der Waals surface area contributed by atoms with Crippen molar-refractivity contribution in [1.29, 1.82) is 0 Å². The van der Waals surface area contributed by atoms with E-state index in [1.165, 1.54) is 5.56 Å². The van der Waals surface area contributed by atoms with E-state index < -0.39 is 20.8 Å². The summed E-state index contributed by atoms with van der Waals surface area (Å²) in [6.45, 7) is 5.82. The molecule has 1 atom stereocenters. The minimum absolute atomic E-state index is 0.153. The van der Waals surface area contributed by atoms with Gasteiger partial charge >= 0.3 is 0 Å². The fraction of sp³-hybridized carbons (Fsp3) is 0.600. The fourth-order valence-electron chi connectivity index (χ4n) is 2.13. The average molecular weight is 298 g/mol. The van der Waals surface area contributed by atoms with E-state index >= 15 is 0 Å². The van der Waals surface area contributed by atoms with E-state index in [0.717, 1.165) is 12.8 Å². The van der Waals surface area contributed by atoms with Crippen molar-refractivity contribution in [1.82, 2.24) is 4.72 Å². The van der Waals surface area contributed by atoms with Crippen LogP contribution in [0.1, 0.15) is 39.2 Å². The van der Waals surface area contributed by atoms with Crippen molar-refractivity contribution < 1.29 is 8.42 Å². The number of nitrogens with two attached hydrogens (primary N) is 1. The smallest absolute Gasteiger partial charge is 0.216 e. The molecule has 0 bridgehead atoms. The summed E-state index contributed by atoms with van der Waals surface area (Å²) in [5.41, 5.74) is 6.27.